The van der Waals surface area contributed by atoms with Gasteiger partial charge in [-0.05, 0) is 42.0 Å². The van der Waals surface area contributed by atoms with Gasteiger partial charge in [0.1, 0.15) is 0 Å². The summed E-state index contributed by atoms with van der Waals surface area (Å²) in [6.07, 6.45) is 5.05. The lowest BCUT2D eigenvalue weighted by molar-refractivity contribution is 0.0785. The fourth-order valence-corrected chi connectivity index (χ4v) is 3.32. The summed E-state index contributed by atoms with van der Waals surface area (Å²) in [5, 5.41) is 0. The summed E-state index contributed by atoms with van der Waals surface area (Å²) >= 11 is 0. The van der Waals surface area contributed by atoms with Crippen LogP contribution in [0.2, 0.25) is 0 Å². The number of terminal acetylenes is 1. The molecule has 0 unspecified atom stereocenters. The number of nitrogens with one attached hydrogen (secondary N) is 1. The smallest absolute Gasteiger partial charge is 0.253 e. The topological polar surface area (TPSA) is 110 Å². The van der Waals surface area contributed by atoms with Crippen LogP contribution >= 0.6 is 0 Å². The van der Waals surface area contributed by atoms with E-state index in [-0.39, 0.29) is 23.9 Å². The van der Waals surface area contributed by atoms with Crippen LogP contribution in [0.25, 0.3) is 0 Å². The van der Waals surface area contributed by atoms with Crippen LogP contribution in [0, 0.1) is 12.3 Å². The molecule has 0 aromatic heterocycles. The van der Waals surface area contributed by atoms with E-state index in [1.54, 1.807) is 31.3 Å². The number of primary amides is 1. The monoisotopic (exact) mass is 385 g/mol. The van der Waals surface area contributed by atoms with Crippen molar-refractivity contribution in [1.82, 2.24) is 9.62 Å². The van der Waals surface area contributed by atoms with Crippen molar-refractivity contribution in [2.75, 3.05) is 13.6 Å². The molecule has 2 aromatic rings. The zero-order valence-corrected chi connectivity index (χ0v) is 15.5. The van der Waals surface area contributed by atoms with Gasteiger partial charge in [-0.3, -0.25) is 9.59 Å². The third-order valence-electron chi connectivity index (χ3n) is 3.75. The molecule has 0 aliphatic rings. The van der Waals surface area contributed by atoms with Gasteiger partial charge in [-0.25, -0.2) is 8.42 Å². The summed E-state index contributed by atoms with van der Waals surface area (Å²) in [5.74, 6) is 1.36. The molecule has 2 amide bonds. The van der Waals surface area contributed by atoms with E-state index in [1.807, 2.05) is 0 Å². The van der Waals surface area contributed by atoms with Gasteiger partial charge in [-0.1, -0.05) is 18.1 Å². The van der Waals surface area contributed by atoms with Crippen molar-refractivity contribution in [3.8, 4) is 12.3 Å². The number of sulfonamides is 1. The molecule has 0 heterocycles. The molecular weight excluding hydrogens is 366 g/mol. The quantitative estimate of drug-likeness (QED) is 0.692. The number of nitrogens with zero attached hydrogens (tertiary/aromatic N) is 1. The average Bonchev–Trinajstić information content (AvgIpc) is 2.66. The molecule has 0 radical (unpaired) electrons. The van der Waals surface area contributed by atoms with Gasteiger partial charge in [-0.15, -0.1) is 6.42 Å². The Morgan fingerprint density at radius 1 is 1.15 bits per heavy atom. The van der Waals surface area contributed by atoms with E-state index in [2.05, 4.69) is 10.6 Å². The number of hydrogen-bond acceptors (Lipinski definition) is 4. The molecule has 0 saturated carbocycles. The van der Waals surface area contributed by atoms with Gasteiger partial charge < -0.3 is 10.6 Å². The summed E-state index contributed by atoms with van der Waals surface area (Å²) in [4.78, 5) is 25.3. The first-order chi connectivity index (χ1) is 12.7. The van der Waals surface area contributed by atoms with Crippen molar-refractivity contribution in [2.45, 2.75) is 11.4 Å². The Morgan fingerprint density at radius 3 is 2.41 bits per heavy atom. The fourth-order valence-electron chi connectivity index (χ4n) is 2.39. The highest BCUT2D eigenvalue weighted by Crippen LogP contribution is 2.14. The number of carbonyl (C=O) groups is 2. The third-order valence-corrected chi connectivity index (χ3v) is 5.17. The Morgan fingerprint density at radius 2 is 1.81 bits per heavy atom. The Kier molecular flexibility index (Phi) is 6.34. The highest BCUT2D eigenvalue weighted by Gasteiger charge is 2.16. The predicted molar refractivity (Wildman–Crippen MR) is 101 cm³/mol. The van der Waals surface area contributed by atoms with Gasteiger partial charge in [0.2, 0.25) is 15.9 Å². The standard InChI is InChI=1S/C19H19N3O4S/c1-3-11-21-27(25,26)17-9-7-15(8-10-17)19(24)22(2)13-14-5-4-6-16(12-14)18(20)23/h1,4-10,12,21H,11,13H2,2H3,(H2,20,23). The maximum Gasteiger partial charge on any atom is 0.253 e. The van der Waals surface area contributed by atoms with Gasteiger partial charge >= 0.3 is 0 Å². The summed E-state index contributed by atoms with van der Waals surface area (Å²) in [6.45, 7) is 0.153. The number of carbonyl (C=O) groups excluding carboxylic acids is 2. The Bertz CT molecular complexity index is 992. The first kappa shape index (κ1) is 20.2. The fraction of sp³-hybridized carbons (Fsp3) is 0.158. The van der Waals surface area contributed by atoms with Gasteiger partial charge in [0.25, 0.3) is 5.91 Å². The van der Waals surface area contributed by atoms with Crippen molar-refractivity contribution in [3.05, 3.63) is 65.2 Å². The van der Waals surface area contributed by atoms with Gasteiger partial charge in [0.15, 0.2) is 0 Å². The highest BCUT2D eigenvalue weighted by atomic mass is 32.2. The second kappa shape index (κ2) is 8.49. The Labute approximate surface area is 158 Å². The molecule has 0 saturated heterocycles. The van der Waals surface area contributed by atoms with Crippen molar-refractivity contribution in [3.63, 3.8) is 0 Å². The zero-order valence-electron chi connectivity index (χ0n) is 14.7. The molecule has 3 N–H and O–H groups in total. The lowest BCUT2D eigenvalue weighted by Crippen LogP contribution is -2.27. The average molecular weight is 385 g/mol. The second-order valence-corrected chi connectivity index (χ2v) is 7.55. The Hall–Kier alpha value is -3.15. The van der Waals surface area contributed by atoms with Crippen LogP contribution in [0.15, 0.2) is 53.4 Å². The molecule has 8 heteroatoms. The molecule has 0 aliphatic heterocycles. The van der Waals surface area contributed by atoms with Crippen molar-refractivity contribution >= 4 is 21.8 Å². The number of nitrogens with two attached hydrogens (primary N) is 1. The first-order valence-electron chi connectivity index (χ1n) is 7.92. The summed E-state index contributed by atoms with van der Waals surface area (Å²) in [7, 11) is -2.10. The van der Waals surface area contributed by atoms with E-state index in [0.717, 1.165) is 5.56 Å². The first-order valence-corrected chi connectivity index (χ1v) is 9.40. The van der Waals surface area contributed by atoms with Crippen LogP contribution < -0.4 is 10.5 Å². The third kappa shape index (κ3) is 5.17. The normalized spacial score (nSPS) is 10.8. The van der Waals surface area contributed by atoms with Gasteiger partial charge in [-0.2, -0.15) is 4.72 Å². The van der Waals surface area contributed by atoms with Gasteiger partial charge in [0.05, 0.1) is 11.4 Å². The molecule has 140 valence electrons. The molecule has 0 bridgehead atoms. The summed E-state index contributed by atoms with van der Waals surface area (Å²) in [6, 6.07) is 12.2. The van der Waals surface area contributed by atoms with Crippen LogP contribution in [0.5, 0.6) is 0 Å². The van der Waals surface area contributed by atoms with Crippen molar-refractivity contribution < 1.29 is 18.0 Å². The molecular formula is C19H19N3O4S. The minimum atomic E-state index is -3.71. The van der Waals surface area contributed by atoms with E-state index in [1.165, 1.54) is 29.2 Å². The van der Waals surface area contributed by atoms with Crippen LogP contribution in [-0.2, 0) is 16.6 Å². The maximum atomic E-state index is 12.5. The van der Waals surface area contributed by atoms with Gasteiger partial charge in [0, 0.05) is 24.7 Å². The summed E-state index contributed by atoms with van der Waals surface area (Å²) < 4.78 is 26.2. The Balaban J connectivity index is 2.12. The molecule has 0 spiro atoms. The molecule has 2 aromatic carbocycles. The minimum absolute atomic E-state index is 0.0195. The number of rotatable bonds is 7. The van der Waals surface area contributed by atoms with E-state index < -0.39 is 15.9 Å². The van der Waals surface area contributed by atoms with E-state index in [4.69, 9.17) is 12.2 Å². The number of benzene rings is 2. The highest BCUT2D eigenvalue weighted by molar-refractivity contribution is 7.89. The van der Waals surface area contributed by atoms with Crippen LogP contribution in [0.3, 0.4) is 0 Å². The predicted octanol–water partition coefficient (Wildman–Crippen LogP) is 0.969. The second-order valence-electron chi connectivity index (χ2n) is 5.78. The van der Waals surface area contributed by atoms with Crippen molar-refractivity contribution in [1.29, 1.82) is 0 Å². The molecule has 0 atom stereocenters. The number of hydrogen-bond donors (Lipinski definition) is 2. The SMILES string of the molecule is C#CCNS(=O)(=O)c1ccc(C(=O)N(C)Cc2cccc(C(N)=O)c2)cc1. The van der Waals surface area contributed by atoms with E-state index >= 15 is 0 Å². The van der Waals surface area contributed by atoms with E-state index in [0.29, 0.717) is 11.1 Å². The zero-order chi connectivity index (χ0) is 20.0. The minimum Gasteiger partial charge on any atom is -0.366 e. The van der Waals surface area contributed by atoms with Crippen LogP contribution in [-0.4, -0.2) is 38.7 Å². The molecule has 7 nitrogen and oxygen atoms in total. The summed E-state index contributed by atoms with van der Waals surface area (Å²) in [5.41, 5.74) is 6.71. The largest absolute Gasteiger partial charge is 0.366 e. The lowest BCUT2D eigenvalue weighted by atomic mass is 10.1. The molecule has 0 aliphatic carbocycles. The lowest BCUT2D eigenvalue weighted by Gasteiger charge is -2.18. The van der Waals surface area contributed by atoms with Crippen LogP contribution in [0.1, 0.15) is 26.3 Å². The molecule has 27 heavy (non-hydrogen) atoms. The molecule has 0 fully saturated rings. The van der Waals surface area contributed by atoms with Crippen molar-refractivity contribution in [2.24, 2.45) is 5.73 Å². The van der Waals surface area contributed by atoms with Crippen LogP contribution in [0.4, 0.5) is 0 Å². The molecule has 2 rings (SSSR count). The number of amides is 2. The van der Waals surface area contributed by atoms with E-state index in [9.17, 15) is 18.0 Å². The maximum absolute atomic E-state index is 12.5.